The van der Waals surface area contributed by atoms with E-state index < -0.39 is 0 Å². The third kappa shape index (κ3) is 5460. The van der Waals surface area contributed by atoms with Crippen LogP contribution in [0.2, 0.25) is 0 Å². The first kappa shape index (κ1) is 5350. The molecular formula is C13H46. The van der Waals surface area contributed by atoms with Crippen LogP contribution in [-0.4, -0.2) is 0 Å². The number of hydrogen-bond donors (Lipinski definition) is 0. The molecule has 0 aliphatic rings. The lowest BCUT2D eigenvalue weighted by Crippen LogP contribution is -0.576. The predicted octanol–water partition coefficient (Wildman–Crippen LogP) is 7.25. The van der Waals surface area contributed by atoms with Gasteiger partial charge in [-0.2, -0.15) is 0 Å². The van der Waals surface area contributed by atoms with E-state index in [1.54, 1.807) is 0 Å². The highest BCUT2D eigenvalue weighted by Crippen LogP contribution is 0.579. The van der Waals surface area contributed by atoms with Crippen LogP contribution in [-0.2, 0) is 0 Å². The first-order valence-electron chi connectivity index (χ1n) is 0.333. The van der Waals surface area contributed by atoms with Crippen LogP contribution in [0.25, 0.3) is 0 Å². The summed E-state index contributed by atoms with van der Waals surface area (Å²) in [5.41, 5.74) is 0. The molecule has 0 saturated heterocycles. The molecule has 0 unspecified atom stereocenters. The van der Waals surface area contributed by atoms with Crippen molar-refractivity contribution >= 4 is 0 Å². The number of rotatable bonds is 0. The van der Waals surface area contributed by atoms with Gasteiger partial charge in [-0.25, -0.2) is 0 Å². The van der Waals surface area contributed by atoms with E-state index >= 15 is 0 Å². The Hall–Kier alpha value is -0.440. The van der Waals surface area contributed by atoms with Gasteiger partial charge in [0.1, 0.15) is 0 Å². The molecule has 13 heavy (non-hydrogen) atoms. The quantitative estimate of drug-likeness (QED) is 0.363. The van der Waals surface area contributed by atoms with Crippen LogP contribution in [0, 0.1) is 12.8 Å². The van der Waals surface area contributed by atoms with Gasteiger partial charge in [-0.1, -0.05) is 81.7 Å². The largest absolute Gasteiger partial charge is 0.124 e. The third-order valence-electron chi connectivity index (χ3n) is 0. The first-order chi connectivity index (χ1) is 1.00. The maximum atomic E-state index is 4.00. The topological polar surface area (TPSA) is 0 Å². The van der Waals surface area contributed by atoms with Crippen molar-refractivity contribution in [2.45, 2.75) is 81.7 Å². The Balaban J connectivity index is -0.0000000000909. The molecule has 0 aliphatic heterocycles. The van der Waals surface area contributed by atoms with Crippen LogP contribution in [0.5, 0.6) is 0 Å². The van der Waals surface area contributed by atoms with E-state index in [1.165, 1.54) is 0 Å². The Bertz CT molecular complexity index is 4.75. The SMILES string of the molecule is C.C.C.C.C.C.C.C.C.C.C.C#C. The van der Waals surface area contributed by atoms with Gasteiger partial charge in [0, 0.05) is 0 Å². The van der Waals surface area contributed by atoms with Gasteiger partial charge in [-0.05, 0) is 0 Å². The molecule has 0 aromatic carbocycles. The molecule has 0 rings (SSSR count). The van der Waals surface area contributed by atoms with Crippen LogP contribution in [0.15, 0.2) is 0 Å². The minimum Gasteiger partial charge on any atom is -0.124 e. The van der Waals surface area contributed by atoms with Gasteiger partial charge in [0.15, 0.2) is 0 Å². The summed E-state index contributed by atoms with van der Waals surface area (Å²) in [5, 5.41) is 0. The second kappa shape index (κ2) is 6660. The van der Waals surface area contributed by atoms with Crippen LogP contribution >= 0.6 is 0 Å². The predicted molar refractivity (Wildman–Crippen MR) is 83.9 cm³/mol. The molecule has 0 aliphatic carbocycles. The maximum absolute atomic E-state index is 4.00. The van der Waals surface area contributed by atoms with E-state index in [-0.39, 0.29) is 81.7 Å². The highest BCUT2D eigenvalue weighted by molar-refractivity contribution is 4.47. The molecule has 0 aromatic rings. The summed E-state index contributed by atoms with van der Waals surface area (Å²) in [4.78, 5) is 0. The van der Waals surface area contributed by atoms with Crippen molar-refractivity contribution in [1.29, 1.82) is 0 Å². The Morgan fingerprint density at radius 3 is 0.231 bits per heavy atom. The molecule has 0 fully saturated rings. The zero-order valence-corrected chi connectivity index (χ0v) is 1.15. The van der Waals surface area contributed by atoms with Gasteiger partial charge in [0.05, 0.1) is 0 Å². The zero-order valence-electron chi connectivity index (χ0n) is 1.15. The van der Waals surface area contributed by atoms with E-state index in [4.69, 9.17) is 0 Å². The molecule has 0 saturated carbocycles. The van der Waals surface area contributed by atoms with Crippen molar-refractivity contribution in [2.24, 2.45) is 0 Å². The average Bonchev–Trinajstić information content (AvgIpc) is 1.00. The Kier molecular flexibility index (Phi) is 2740000. The second-order valence-corrected chi connectivity index (χ2v) is 0. The van der Waals surface area contributed by atoms with Crippen molar-refractivity contribution in [1.82, 2.24) is 0 Å². The molecule has 0 radical (unpaired) electrons. The summed E-state index contributed by atoms with van der Waals surface area (Å²) < 4.78 is 0. The molecule has 0 spiro atoms. The molecule has 0 nitrogen and oxygen atoms in total. The zero-order chi connectivity index (χ0) is 2.00. The van der Waals surface area contributed by atoms with E-state index in [0.717, 1.165) is 0 Å². The van der Waals surface area contributed by atoms with Gasteiger partial charge in [-0.15, -0.1) is 12.8 Å². The van der Waals surface area contributed by atoms with Crippen molar-refractivity contribution in [3.8, 4) is 12.8 Å². The fourth-order valence-corrected chi connectivity index (χ4v) is 0. The Labute approximate surface area is 95.2 Å². The number of hydrogen-bond acceptors (Lipinski definition) is 0. The molecule has 0 heteroatoms. The molecule has 0 bridgehead atoms. The fourth-order valence-electron chi connectivity index (χ4n) is 0. The second-order valence-electron chi connectivity index (χ2n) is 0. The molecular weight excluding hydrogens is 156 g/mol. The van der Waals surface area contributed by atoms with Crippen molar-refractivity contribution < 1.29 is 0 Å². The van der Waals surface area contributed by atoms with E-state index in [0.29, 0.717) is 0 Å². The monoisotopic (exact) mass is 202 g/mol. The summed E-state index contributed by atoms with van der Waals surface area (Å²) in [6, 6.07) is 0. The van der Waals surface area contributed by atoms with E-state index in [1.807, 2.05) is 0 Å². The lowest BCUT2D eigenvalue weighted by atomic mass is 11.4. The normalized spacial score (nSPS) is 0.154. The van der Waals surface area contributed by atoms with Crippen LogP contribution in [0.4, 0.5) is 0 Å². The summed E-state index contributed by atoms with van der Waals surface area (Å²) in [6.07, 6.45) is 8.00. The summed E-state index contributed by atoms with van der Waals surface area (Å²) in [5.74, 6) is 0. The molecule has 0 N–H and O–H groups in total. The standard InChI is InChI=1S/C2H2.11CH4/c1-2;;;;;;;;;;;/h1-2H;11*1H4. The summed E-state index contributed by atoms with van der Waals surface area (Å²) >= 11 is 0. The van der Waals surface area contributed by atoms with E-state index in [2.05, 4.69) is 12.8 Å². The maximum Gasteiger partial charge on any atom is -0.0776 e. The highest BCUT2D eigenvalue weighted by atomic mass is 12.6. The average molecular weight is 203 g/mol. The summed E-state index contributed by atoms with van der Waals surface area (Å²) in [7, 11) is 0. The molecule has 0 heterocycles. The Morgan fingerprint density at radius 1 is 0.231 bits per heavy atom. The van der Waals surface area contributed by atoms with Crippen molar-refractivity contribution in [3.05, 3.63) is 0 Å². The lowest BCUT2D eigenvalue weighted by molar-refractivity contribution is 2.50. The van der Waals surface area contributed by atoms with Crippen LogP contribution in [0.3, 0.4) is 0 Å². The molecule has 98 valence electrons. The third-order valence-corrected chi connectivity index (χ3v) is 0. The number of terminal acetylenes is 1. The van der Waals surface area contributed by atoms with Gasteiger partial charge < -0.3 is 0 Å². The van der Waals surface area contributed by atoms with Gasteiger partial charge in [0.25, 0.3) is 0 Å². The fraction of sp³-hybridized carbons (Fsp3) is 0.846. The minimum atomic E-state index is 0. The van der Waals surface area contributed by atoms with Crippen molar-refractivity contribution in [2.75, 3.05) is 0 Å². The molecule has 0 atom stereocenters. The minimum absolute atomic E-state index is 0. The van der Waals surface area contributed by atoms with Gasteiger partial charge in [-0.3, -0.25) is 0 Å². The van der Waals surface area contributed by atoms with Gasteiger partial charge in [0.2, 0.25) is 0 Å². The lowest BCUT2D eigenvalue weighted by Gasteiger charge is -0.701. The summed E-state index contributed by atoms with van der Waals surface area (Å²) in [6.45, 7) is 0. The molecule has 0 aromatic heterocycles. The van der Waals surface area contributed by atoms with Crippen molar-refractivity contribution in [3.63, 3.8) is 0 Å². The van der Waals surface area contributed by atoms with Crippen LogP contribution in [0.1, 0.15) is 81.7 Å². The highest BCUT2D eigenvalue weighted by Gasteiger charge is 0.454. The van der Waals surface area contributed by atoms with Crippen LogP contribution < -0.4 is 0 Å². The van der Waals surface area contributed by atoms with Gasteiger partial charge >= 0.3 is 0 Å². The Morgan fingerprint density at radius 2 is 0.231 bits per heavy atom. The molecule has 0 amide bonds. The van der Waals surface area contributed by atoms with E-state index in [9.17, 15) is 0 Å². The smallest absolute Gasteiger partial charge is 0.0776 e. The first-order valence-corrected chi connectivity index (χ1v) is 0.333.